The van der Waals surface area contributed by atoms with Crippen LogP contribution in [0.2, 0.25) is 0 Å². The number of hydrogen-bond acceptors (Lipinski definition) is 5. The van der Waals surface area contributed by atoms with Crippen molar-refractivity contribution in [2.75, 3.05) is 17.7 Å². The molecule has 0 aromatic carbocycles. The van der Waals surface area contributed by atoms with Crippen molar-refractivity contribution in [2.24, 2.45) is 0 Å². The van der Waals surface area contributed by atoms with E-state index in [-0.39, 0.29) is 12.4 Å². The molecule has 2 aromatic heterocycles. The molecule has 21 heavy (non-hydrogen) atoms. The number of aromatic nitrogens is 3. The van der Waals surface area contributed by atoms with E-state index >= 15 is 0 Å². The molecule has 0 spiro atoms. The summed E-state index contributed by atoms with van der Waals surface area (Å²) in [5, 5.41) is 15.8. The standard InChI is InChI=1S/C12H14F3N5O/c1-7-10(6-20(19-7)2-3-21)18-11-4-9(16)8(5-17-11)12(13,14)15/h4-6,21H,2-3H2,1H3,(H3,16,17,18). The van der Waals surface area contributed by atoms with Crippen LogP contribution in [0.15, 0.2) is 18.5 Å². The molecule has 9 heteroatoms. The summed E-state index contributed by atoms with van der Waals surface area (Å²) < 4.78 is 39.3. The Labute approximate surface area is 118 Å². The highest BCUT2D eigenvalue weighted by atomic mass is 19.4. The van der Waals surface area contributed by atoms with Crippen LogP contribution in [0.1, 0.15) is 11.3 Å². The van der Waals surface area contributed by atoms with E-state index in [1.807, 2.05) is 0 Å². The maximum absolute atomic E-state index is 12.6. The van der Waals surface area contributed by atoms with Crippen LogP contribution in [-0.2, 0) is 12.7 Å². The summed E-state index contributed by atoms with van der Waals surface area (Å²) in [5.41, 5.74) is 5.23. The Morgan fingerprint density at radius 3 is 2.71 bits per heavy atom. The van der Waals surface area contributed by atoms with Gasteiger partial charge in [-0.05, 0) is 6.92 Å². The first kappa shape index (κ1) is 15.1. The first-order valence-corrected chi connectivity index (χ1v) is 6.06. The molecule has 2 rings (SSSR count). The van der Waals surface area contributed by atoms with Crippen molar-refractivity contribution >= 4 is 17.2 Å². The van der Waals surface area contributed by atoms with Crippen LogP contribution in [0.25, 0.3) is 0 Å². The fourth-order valence-corrected chi connectivity index (χ4v) is 1.77. The molecule has 0 aliphatic heterocycles. The number of rotatable bonds is 4. The van der Waals surface area contributed by atoms with Gasteiger partial charge in [0.15, 0.2) is 0 Å². The molecule has 114 valence electrons. The van der Waals surface area contributed by atoms with Crippen molar-refractivity contribution in [1.82, 2.24) is 14.8 Å². The highest BCUT2D eigenvalue weighted by Crippen LogP contribution is 2.34. The van der Waals surface area contributed by atoms with Crippen molar-refractivity contribution < 1.29 is 18.3 Å². The van der Waals surface area contributed by atoms with Gasteiger partial charge >= 0.3 is 6.18 Å². The number of alkyl halides is 3. The number of hydrogen-bond donors (Lipinski definition) is 3. The van der Waals surface area contributed by atoms with E-state index < -0.39 is 17.4 Å². The fourth-order valence-electron chi connectivity index (χ4n) is 1.77. The minimum atomic E-state index is -4.53. The van der Waals surface area contributed by atoms with Crippen LogP contribution in [0.4, 0.5) is 30.4 Å². The van der Waals surface area contributed by atoms with Crippen LogP contribution in [0.5, 0.6) is 0 Å². The zero-order valence-electron chi connectivity index (χ0n) is 11.1. The van der Waals surface area contributed by atoms with Gasteiger partial charge in [0, 0.05) is 24.1 Å². The molecule has 0 aliphatic carbocycles. The number of halogens is 3. The molecule has 0 amide bonds. The molecule has 0 aliphatic rings. The van der Waals surface area contributed by atoms with E-state index in [4.69, 9.17) is 10.8 Å². The Balaban J connectivity index is 2.22. The average Bonchev–Trinajstić information content (AvgIpc) is 2.68. The number of pyridine rings is 1. The summed E-state index contributed by atoms with van der Waals surface area (Å²) in [6.45, 7) is 1.99. The number of anilines is 3. The second-order valence-corrected chi connectivity index (χ2v) is 4.39. The van der Waals surface area contributed by atoms with Crippen molar-refractivity contribution in [2.45, 2.75) is 19.6 Å². The number of nitrogens with two attached hydrogens (primary N) is 1. The topological polar surface area (TPSA) is 89.0 Å². The minimum absolute atomic E-state index is 0.0635. The maximum atomic E-state index is 12.6. The lowest BCUT2D eigenvalue weighted by molar-refractivity contribution is -0.137. The van der Waals surface area contributed by atoms with Gasteiger partial charge in [-0.3, -0.25) is 4.68 Å². The van der Waals surface area contributed by atoms with Gasteiger partial charge in [-0.2, -0.15) is 18.3 Å². The number of nitrogens with zero attached hydrogens (tertiary/aromatic N) is 3. The molecule has 0 saturated heterocycles. The van der Waals surface area contributed by atoms with Crippen LogP contribution in [0.3, 0.4) is 0 Å². The molecule has 2 heterocycles. The van der Waals surface area contributed by atoms with E-state index in [1.165, 1.54) is 4.68 Å². The molecule has 2 aromatic rings. The van der Waals surface area contributed by atoms with E-state index in [1.54, 1.807) is 13.1 Å². The van der Waals surface area contributed by atoms with E-state index in [2.05, 4.69) is 15.4 Å². The largest absolute Gasteiger partial charge is 0.419 e. The van der Waals surface area contributed by atoms with Gasteiger partial charge in [0.1, 0.15) is 5.82 Å². The van der Waals surface area contributed by atoms with Crippen molar-refractivity contribution in [3.8, 4) is 0 Å². The summed E-state index contributed by atoms with van der Waals surface area (Å²) in [6, 6.07) is 1.12. The van der Waals surface area contributed by atoms with Crippen LogP contribution in [0, 0.1) is 6.92 Å². The molecule has 0 atom stereocenters. The van der Waals surface area contributed by atoms with Gasteiger partial charge in [-0.25, -0.2) is 4.98 Å². The van der Waals surface area contributed by atoms with Crippen molar-refractivity contribution in [1.29, 1.82) is 0 Å². The molecule has 0 radical (unpaired) electrons. The van der Waals surface area contributed by atoms with Crippen LogP contribution < -0.4 is 11.1 Å². The van der Waals surface area contributed by atoms with Crippen molar-refractivity contribution in [3.63, 3.8) is 0 Å². The average molecular weight is 301 g/mol. The quantitative estimate of drug-likeness (QED) is 0.803. The van der Waals surface area contributed by atoms with Gasteiger partial charge in [0.2, 0.25) is 0 Å². The number of aliphatic hydroxyl groups is 1. The number of aryl methyl sites for hydroxylation is 1. The SMILES string of the molecule is Cc1nn(CCO)cc1Nc1cc(N)c(C(F)(F)F)cn1. The summed E-state index contributed by atoms with van der Waals surface area (Å²) in [6.07, 6.45) is -2.22. The molecular weight excluding hydrogens is 287 g/mol. The molecule has 4 N–H and O–H groups in total. The zero-order valence-corrected chi connectivity index (χ0v) is 11.1. The molecular formula is C12H14F3N5O. The Morgan fingerprint density at radius 2 is 2.14 bits per heavy atom. The molecule has 0 saturated carbocycles. The monoisotopic (exact) mass is 301 g/mol. The van der Waals surface area contributed by atoms with Crippen LogP contribution in [-0.4, -0.2) is 26.5 Å². The van der Waals surface area contributed by atoms with Crippen LogP contribution >= 0.6 is 0 Å². The Morgan fingerprint density at radius 1 is 1.43 bits per heavy atom. The van der Waals surface area contributed by atoms with Crippen molar-refractivity contribution in [3.05, 3.63) is 29.7 Å². The predicted molar refractivity (Wildman–Crippen MR) is 71.0 cm³/mol. The third kappa shape index (κ3) is 3.43. The number of nitrogens with one attached hydrogen (secondary N) is 1. The summed E-state index contributed by atoms with van der Waals surface area (Å²) in [5.74, 6) is 0.187. The Bertz CT molecular complexity index is 638. The second kappa shape index (κ2) is 5.60. The number of aliphatic hydroxyl groups excluding tert-OH is 1. The van der Waals surface area contributed by atoms with Gasteiger partial charge in [0.05, 0.1) is 30.1 Å². The van der Waals surface area contributed by atoms with E-state index in [9.17, 15) is 13.2 Å². The molecule has 0 bridgehead atoms. The van der Waals surface area contributed by atoms with Gasteiger partial charge in [0.25, 0.3) is 0 Å². The van der Waals surface area contributed by atoms with Gasteiger partial charge in [-0.15, -0.1) is 0 Å². The zero-order chi connectivity index (χ0) is 15.6. The van der Waals surface area contributed by atoms with E-state index in [0.717, 1.165) is 6.07 Å². The Kier molecular flexibility index (Phi) is 4.03. The summed E-state index contributed by atoms with van der Waals surface area (Å²) in [7, 11) is 0. The molecule has 0 unspecified atom stereocenters. The highest BCUT2D eigenvalue weighted by molar-refractivity contribution is 5.63. The number of nitrogen functional groups attached to an aromatic ring is 1. The Hall–Kier alpha value is -2.29. The first-order valence-electron chi connectivity index (χ1n) is 6.06. The molecule has 6 nitrogen and oxygen atoms in total. The lowest BCUT2D eigenvalue weighted by atomic mass is 10.2. The molecule has 0 fully saturated rings. The predicted octanol–water partition coefficient (Wildman–Crippen LogP) is 1.92. The first-order chi connectivity index (χ1) is 9.81. The van der Waals surface area contributed by atoms with E-state index in [0.29, 0.717) is 24.1 Å². The fraction of sp³-hybridized carbons (Fsp3) is 0.333. The normalized spacial score (nSPS) is 11.7. The minimum Gasteiger partial charge on any atom is -0.398 e. The smallest absolute Gasteiger partial charge is 0.398 e. The van der Waals surface area contributed by atoms with Gasteiger partial charge < -0.3 is 16.2 Å². The summed E-state index contributed by atoms with van der Waals surface area (Å²) >= 11 is 0. The lowest BCUT2D eigenvalue weighted by Crippen LogP contribution is -2.10. The summed E-state index contributed by atoms with van der Waals surface area (Å²) in [4.78, 5) is 3.70. The highest BCUT2D eigenvalue weighted by Gasteiger charge is 2.33. The lowest BCUT2D eigenvalue weighted by Gasteiger charge is -2.11. The second-order valence-electron chi connectivity index (χ2n) is 4.39. The maximum Gasteiger partial charge on any atom is 0.419 e. The van der Waals surface area contributed by atoms with Gasteiger partial charge in [-0.1, -0.05) is 0 Å². The third-order valence-electron chi connectivity index (χ3n) is 2.78. The third-order valence-corrected chi connectivity index (χ3v) is 2.78.